The molecule has 1 heterocycles. The molecule has 1 unspecified atom stereocenters. The van der Waals surface area contributed by atoms with E-state index in [2.05, 4.69) is 0 Å². The number of nitrogens with zero attached hydrogens (tertiary/aromatic N) is 1. The minimum atomic E-state index is -1.29. The first-order chi connectivity index (χ1) is 14.4. The number of carbonyl (C=O) groups is 2. The predicted molar refractivity (Wildman–Crippen MR) is 109 cm³/mol. The number of halogens is 3. The Kier molecular flexibility index (Phi) is 5.10. The van der Waals surface area contributed by atoms with Crippen LogP contribution in [0, 0.1) is 11.6 Å². The molecule has 0 bridgehead atoms. The van der Waals surface area contributed by atoms with Crippen LogP contribution in [0.2, 0.25) is 5.02 Å². The van der Waals surface area contributed by atoms with Gasteiger partial charge in [0.15, 0.2) is 0 Å². The number of ketones is 1. The fraction of sp³-hybridized carbons (Fsp3) is 0.0435. The van der Waals surface area contributed by atoms with Crippen LogP contribution in [-0.2, 0) is 9.59 Å². The monoisotopic (exact) mass is 425 g/mol. The van der Waals surface area contributed by atoms with Crippen molar-refractivity contribution in [3.05, 3.63) is 106 Å². The first-order valence-electron chi connectivity index (χ1n) is 8.95. The Balaban J connectivity index is 1.99. The zero-order chi connectivity index (χ0) is 21.4. The zero-order valence-electron chi connectivity index (χ0n) is 15.4. The number of benzene rings is 3. The highest BCUT2D eigenvalue weighted by atomic mass is 35.5. The molecule has 1 saturated heterocycles. The number of anilines is 1. The number of aliphatic hydroxyl groups is 1. The van der Waals surface area contributed by atoms with E-state index >= 15 is 0 Å². The van der Waals surface area contributed by atoms with E-state index in [1.165, 1.54) is 48.5 Å². The molecule has 3 aromatic rings. The van der Waals surface area contributed by atoms with Crippen LogP contribution in [0.1, 0.15) is 17.2 Å². The number of Topliss-reactive ketones (excluding diaryl/α,β-unsaturated/α-hetero) is 1. The van der Waals surface area contributed by atoms with Gasteiger partial charge in [-0.25, -0.2) is 8.78 Å². The van der Waals surface area contributed by atoms with Crippen LogP contribution < -0.4 is 4.90 Å². The van der Waals surface area contributed by atoms with E-state index in [4.69, 9.17) is 11.6 Å². The molecule has 4 rings (SSSR count). The average Bonchev–Trinajstić information content (AvgIpc) is 2.98. The second kappa shape index (κ2) is 7.72. The maximum Gasteiger partial charge on any atom is 0.300 e. The van der Waals surface area contributed by atoms with E-state index in [-0.39, 0.29) is 22.4 Å². The summed E-state index contributed by atoms with van der Waals surface area (Å²) in [5.74, 6) is -3.82. The van der Waals surface area contributed by atoms with Gasteiger partial charge in [-0.15, -0.1) is 0 Å². The third-order valence-electron chi connectivity index (χ3n) is 4.83. The quantitative estimate of drug-likeness (QED) is 0.354. The minimum Gasteiger partial charge on any atom is -0.507 e. The normalized spacial score (nSPS) is 18.1. The summed E-state index contributed by atoms with van der Waals surface area (Å²) in [6.07, 6.45) is 0. The van der Waals surface area contributed by atoms with Gasteiger partial charge >= 0.3 is 0 Å². The van der Waals surface area contributed by atoms with Crippen molar-refractivity contribution in [2.75, 3.05) is 4.90 Å². The summed E-state index contributed by atoms with van der Waals surface area (Å²) in [6, 6.07) is 15.4. The van der Waals surface area contributed by atoms with Crippen molar-refractivity contribution in [2.24, 2.45) is 0 Å². The van der Waals surface area contributed by atoms with Gasteiger partial charge in [-0.3, -0.25) is 14.5 Å². The number of rotatable bonds is 3. The van der Waals surface area contributed by atoms with Crippen LogP contribution in [0.5, 0.6) is 0 Å². The van der Waals surface area contributed by atoms with Crippen molar-refractivity contribution in [3.8, 4) is 0 Å². The lowest BCUT2D eigenvalue weighted by molar-refractivity contribution is -0.132. The Labute approximate surface area is 175 Å². The number of aliphatic hydroxyl groups excluding tert-OH is 1. The average molecular weight is 426 g/mol. The standard InChI is InChI=1S/C23H14ClF2NO3/c24-14-6-3-5-13(11-14)21(28)19-20(17-9-1-2-10-18(17)26)27(23(30)22(19)29)16-8-4-7-15(25)12-16/h1-12,20,28H/b21-19+. The summed E-state index contributed by atoms with van der Waals surface area (Å²) in [5.41, 5.74) is -0.0576. The summed E-state index contributed by atoms with van der Waals surface area (Å²) >= 11 is 5.98. The highest BCUT2D eigenvalue weighted by molar-refractivity contribution is 6.51. The fourth-order valence-electron chi connectivity index (χ4n) is 3.51. The van der Waals surface area contributed by atoms with Crippen LogP contribution in [0.25, 0.3) is 5.76 Å². The second-order valence-corrected chi connectivity index (χ2v) is 7.12. The van der Waals surface area contributed by atoms with Crippen molar-refractivity contribution >= 4 is 34.7 Å². The molecule has 1 aliphatic heterocycles. The largest absolute Gasteiger partial charge is 0.507 e. The van der Waals surface area contributed by atoms with Gasteiger partial charge < -0.3 is 5.11 Å². The summed E-state index contributed by atoms with van der Waals surface area (Å²) in [5, 5.41) is 11.2. The van der Waals surface area contributed by atoms with Crippen LogP contribution in [0.4, 0.5) is 14.5 Å². The van der Waals surface area contributed by atoms with Gasteiger partial charge in [0.05, 0.1) is 11.6 Å². The Morgan fingerprint density at radius 2 is 1.67 bits per heavy atom. The van der Waals surface area contributed by atoms with Gasteiger partial charge in [0.1, 0.15) is 17.4 Å². The number of carbonyl (C=O) groups excluding carboxylic acids is 2. The van der Waals surface area contributed by atoms with Gasteiger partial charge in [0.25, 0.3) is 11.7 Å². The molecule has 1 aliphatic rings. The minimum absolute atomic E-state index is 0.00969. The van der Waals surface area contributed by atoms with Crippen LogP contribution in [0.15, 0.2) is 78.4 Å². The molecule has 7 heteroatoms. The van der Waals surface area contributed by atoms with E-state index in [9.17, 15) is 23.5 Å². The molecule has 4 nitrogen and oxygen atoms in total. The third-order valence-corrected chi connectivity index (χ3v) is 5.06. The number of amides is 1. The molecule has 0 aromatic heterocycles. The molecule has 0 spiro atoms. The Morgan fingerprint density at radius 3 is 2.37 bits per heavy atom. The highest BCUT2D eigenvalue weighted by Gasteiger charge is 2.47. The van der Waals surface area contributed by atoms with Crippen molar-refractivity contribution < 1.29 is 23.5 Å². The molecule has 3 aromatic carbocycles. The highest BCUT2D eigenvalue weighted by Crippen LogP contribution is 2.43. The van der Waals surface area contributed by atoms with Crippen LogP contribution >= 0.6 is 11.6 Å². The van der Waals surface area contributed by atoms with E-state index in [1.54, 1.807) is 18.2 Å². The summed E-state index contributed by atoms with van der Waals surface area (Å²) < 4.78 is 28.6. The summed E-state index contributed by atoms with van der Waals surface area (Å²) in [6.45, 7) is 0. The molecule has 1 amide bonds. The van der Waals surface area contributed by atoms with Crippen LogP contribution in [-0.4, -0.2) is 16.8 Å². The third kappa shape index (κ3) is 3.35. The lowest BCUT2D eigenvalue weighted by Crippen LogP contribution is -2.30. The molecule has 150 valence electrons. The lowest BCUT2D eigenvalue weighted by atomic mass is 9.94. The predicted octanol–water partition coefficient (Wildman–Crippen LogP) is 5.24. The molecule has 0 radical (unpaired) electrons. The van der Waals surface area contributed by atoms with Crippen molar-refractivity contribution in [3.63, 3.8) is 0 Å². The maximum absolute atomic E-state index is 14.7. The molecule has 1 N–H and O–H groups in total. The number of hydrogen-bond donors (Lipinski definition) is 1. The smallest absolute Gasteiger partial charge is 0.300 e. The molecule has 0 saturated carbocycles. The first kappa shape index (κ1) is 19.8. The van der Waals surface area contributed by atoms with E-state index in [0.717, 1.165) is 11.0 Å². The van der Waals surface area contributed by atoms with Crippen molar-refractivity contribution in [2.45, 2.75) is 6.04 Å². The van der Waals surface area contributed by atoms with Crippen LogP contribution in [0.3, 0.4) is 0 Å². The van der Waals surface area contributed by atoms with E-state index in [1.807, 2.05) is 0 Å². The molecule has 1 fully saturated rings. The molecule has 1 atom stereocenters. The van der Waals surface area contributed by atoms with Gasteiger partial charge in [-0.05, 0) is 36.4 Å². The van der Waals surface area contributed by atoms with E-state index < -0.39 is 35.1 Å². The van der Waals surface area contributed by atoms with Gasteiger partial charge in [0.2, 0.25) is 0 Å². The SMILES string of the molecule is O=C1C(=O)N(c2cccc(F)c2)C(c2ccccc2F)/C1=C(\O)c1cccc(Cl)c1. The Morgan fingerprint density at radius 1 is 0.933 bits per heavy atom. The lowest BCUT2D eigenvalue weighted by Gasteiger charge is -2.25. The molecular formula is C23H14ClF2NO3. The topological polar surface area (TPSA) is 57.6 Å². The number of hydrogen-bond acceptors (Lipinski definition) is 3. The van der Waals surface area contributed by atoms with Gasteiger partial charge in [0, 0.05) is 21.8 Å². The fourth-order valence-corrected chi connectivity index (χ4v) is 3.70. The molecule has 30 heavy (non-hydrogen) atoms. The maximum atomic E-state index is 14.7. The van der Waals surface area contributed by atoms with E-state index in [0.29, 0.717) is 5.02 Å². The van der Waals surface area contributed by atoms with Gasteiger partial charge in [-0.1, -0.05) is 48.0 Å². The zero-order valence-corrected chi connectivity index (χ0v) is 16.1. The summed E-state index contributed by atoms with van der Waals surface area (Å²) in [7, 11) is 0. The summed E-state index contributed by atoms with van der Waals surface area (Å²) in [4.78, 5) is 26.8. The second-order valence-electron chi connectivity index (χ2n) is 6.68. The molecular weight excluding hydrogens is 412 g/mol. The van der Waals surface area contributed by atoms with Crippen molar-refractivity contribution in [1.82, 2.24) is 0 Å². The Bertz CT molecular complexity index is 1210. The Hall–Kier alpha value is -3.51. The van der Waals surface area contributed by atoms with Crippen molar-refractivity contribution in [1.29, 1.82) is 0 Å². The van der Waals surface area contributed by atoms with Gasteiger partial charge in [-0.2, -0.15) is 0 Å². The first-order valence-corrected chi connectivity index (χ1v) is 9.33. The molecule has 0 aliphatic carbocycles.